The van der Waals surface area contributed by atoms with Crippen LogP contribution in [0.5, 0.6) is 0 Å². The Bertz CT molecular complexity index is 509. The molecule has 1 atom stereocenters. The average molecular weight is 231 g/mol. The first-order valence-corrected chi connectivity index (χ1v) is 5.78. The first-order chi connectivity index (χ1) is 8.17. The second kappa shape index (κ2) is 4.67. The van der Waals surface area contributed by atoms with Crippen LogP contribution in [0.25, 0.3) is 10.9 Å². The molecule has 2 N–H and O–H groups in total. The van der Waals surface area contributed by atoms with Crippen LogP contribution in [0, 0.1) is 0 Å². The fraction of sp³-hybridized carbons (Fsp3) is 0.385. The van der Waals surface area contributed by atoms with Crippen molar-refractivity contribution >= 4 is 16.9 Å². The number of aromatic nitrogens is 2. The Balaban J connectivity index is 2.31. The van der Waals surface area contributed by atoms with Gasteiger partial charge in [0.05, 0.1) is 17.7 Å². The number of aliphatic hydroxyl groups is 1. The first kappa shape index (κ1) is 11.8. The standard InChI is InChI=1S/C13H17N3O/c1-3-13(2,9-17)16-12-14-8-10-6-4-5-7-11(10)15-12/h4-8,17H,3,9H2,1-2H3,(H,14,15,16). The van der Waals surface area contributed by atoms with Crippen LogP contribution < -0.4 is 5.32 Å². The zero-order chi connectivity index (χ0) is 12.3. The van der Waals surface area contributed by atoms with Crippen LogP contribution in [0.2, 0.25) is 0 Å². The summed E-state index contributed by atoms with van der Waals surface area (Å²) in [7, 11) is 0. The van der Waals surface area contributed by atoms with E-state index < -0.39 is 0 Å². The van der Waals surface area contributed by atoms with Crippen molar-refractivity contribution in [3.05, 3.63) is 30.5 Å². The molecule has 90 valence electrons. The molecule has 1 unspecified atom stereocenters. The van der Waals surface area contributed by atoms with E-state index in [0.29, 0.717) is 5.95 Å². The summed E-state index contributed by atoms with van der Waals surface area (Å²) < 4.78 is 0. The van der Waals surface area contributed by atoms with Crippen LogP contribution in [-0.2, 0) is 0 Å². The lowest BCUT2D eigenvalue weighted by molar-refractivity contribution is 0.218. The molecule has 0 saturated carbocycles. The molecule has 0 fully saturated rings. The third-order valence-electron chi connectivity index (χ3n) is 3.03. The third kappa shape index (κ3) is 2.53. The smallest absolute Gasteiger partial charge is 0.223 e. The third-order valence-corrected chi connectivity index (χ3v) is 3.03. The highest BCUT2D eigenvalue weighted by Gasteiger charge is 2.21. The lowest BCUT2D eigenvalue weighted by Gasteiger charge is -2.27. The van der Waals surface area contributed by atoms with E-state index in [1.165, 1.54) is 0 Å². The van der Waals surface area contributed by atoms with Gasteiger partial charge in [0.2, 0.25) is 5.95 Å². The number of nitrogens with zero attached hydrogens (tertiary/aromatic N) is 2. The van der Waals surface area contributed by atoms with Crippen LogP contribution >= 0.6 is 0 Å². The highest BCUT2D eigenvalue weighted by atomic mass is 16.3. The molecular weight excluding hydrogens is 214 g/mol. The van der Waals surface area contributed by atoms with Crippen LogP contribution in [0.1, 0.15) is 20.3 Å². The highest BCUT2D eigenvalue weighted by molar-refractivity contribution is 5.78. The second-order valence-electron chi connectivity index (χ2n) is 4.45. The van der Waals surface area contributed by atoms with Crippen LogP contribution in [0.3, 0.4) is 0 Å². The topological polar surface area (TPSA) is 58.0 Å². The summed E-state index contributed by atoms with van der Waals surface area (Å²) >= 11 is 0. The SMILES string of the molecule is CCC(C)(CO)Nc1ncc2ccccc2n1. The molecule has 2 aromatic rings. The molecule has 0 spiro atoms. The summed E-state index contributed by atoms with van der Waals surface area (Å²) in [5.74, 6) is 0.558. The van der Waals surface area contributed by atoms with Crippen LogP contribution in [-0.4, -0.2) is 27.2 Å². The number of benzene rings is 1. The molecular formula is C13H17N3O. The molecule has 0 aliphatic carbocycles. The van der Waals surface area contributed by atoms with Crippen molar-refractivity contribution in [3.8, 4) is 0 Å². The Morgan fingerprint density at radius 3 is 2.82 bits per heavy atom. The van der Waals surface area contributed by atoms with E-state index in [0.717, 1.165) is 17.3 Å². The lowest BCUT2D eigenvalue weighted by Crippen LogP contribution is -2.38. The Hall–Kier alpha value is -1.68. The lowest BCUT2D eigenvalue weighted by atomic mass is 10.0. The molecule has 4 heteroatoms. The molecule has 1 aromatic carbocycles. The minimum Gasteiger partial charge on any atom is -0.394 e. The van der Waals surface area contributed by atoms with E-state index in [4.69, 9.17) is 0 Å². The van der Waals surface area contributed by atoms with E-state index in [-0.39, 0.29) is 12.1 Å². The zero-order valence-electron chi connectivity index (χ0n) is 10.1. The Morgan fingerprint density at radius 1 is 1.35 bits per heavy atom. The number of fused-ring (bicyclic) bond motifs is 1. The second-order valence-corrected chi connectivity index (χ2v) is 4.45. The summed E-state index contributed by atoms with van der Waals surface area (Å²) in [5, 5.41) is 13.5. The maximum Gasteiger partial charge on any atom is 0.223 e. The summed E-state index contributed by atoms with van der Waals surface area (Å²) in [6.07, 6.45) is 2.60. The molecule has 1 heterocycles. The molecule has 0 bridgehead atoms. The van der Waals surface area contributed by atoms with Gasteiger partial charge in [0, 0.05) is 11.6 Å². The van der Waals surface area contributed by atoms with Gasteiger partial charge in [-0.25, -0.2) is 9.97 Å². The van der Waals surface area contributed by atoms with Gasteiger partial charge < -0.3 is 10.4 Å². The summed E-state index contributed by atoms with van der Waals surface area (Å²) in [6.45, 7) is 4.02. The monoisotopic (exact) mass is 231 g/mol. The zero-order valence-corrected chi connectivity index (χ0v) is 10.1. The van der Waals surface area contributed by atoms with Crippen molar-refractivity contribution in [2.45, 2.75) is 25.8 Å². The molecule has 17 heavy (non-hydrogen) atoms. The van der Waals surface area contributed by atoms with Crippen LogP contribution in [0.4, 0.5) is 5.95 Å². The van der Waals surface area contributed by atoms with Gasteiger partial charge in [-0.15, -0.1) is 0 Å². The summed E-state index contributed by atoms with van der Waals surface area (Å²) in [4.78, 5) is 8.68. The van der Waals surface area contributed by atoms with Gasteiger partial charge in [0.25, 0.3) is 0 Å². The van der Waals surface area contributed by atoms with Gasteiger partial charge in [0.1, 0.15) is 0 Å². The van der Waals surface area contributed by atoms with Crippen molar-refractivity contribution < 1.29 is 5.11 Å². The van der Waals surface area contributed by atoms with Crippen molar-refractivity contribution in [1.29, 1.82) is 0 Å². The van der Waals surface area contributed by atoms with E-state index in [2.05, 4.69) is 15.3 Å². The number of nitrogens with one attached hydrogen (secondary N) is 1. The minimum absolute atomic E-state index is 0.0552. The molecule has 2 rings (SSSR count). The first-order valence-electron chi connectivity index (χ1n) is 5.78. The van der Waals surface area contributed by atoms with Crippen molar-refractivity contribution in [2.24, 2.45) is 0 Å². The predicted molar refractivity (Wildman–Crippen MR) is 68.9 cm³/mol. The molecule has 1 aromatic heterocycles. The quantitative estimate of drug-likeness (QED) is 0.847. The van der Waals surface area contributed by atoms with Gasteiger partial charge in [0.15, 0.2) is 0 Å². The van der Waals surface area contributed by atoms with Crippen LogP contribution in [0.15, 0.2) is 30.5 Å². The number of aliphatic hydroxyl groups excluding tert-OH is 1. The maximum absolute atomic E-state index is 9.34. The fourth-order valence-corrected chi connectivity index (χ4v) is 1.54. The molecule has 0 amide bonds. The molecule has 0 radical (unpaired) electrons. The van der Waals surface area contributed by atoms with E-state index in [1.54, 1.807) is 6.20 Å². The predicted octanol–water partition coefficient (Wildman–Crippen LogP) is 2.20. The highest BCUT2D eigenvalue weighted by Crippen LogP contribution is 2.17. The number of hydrogen-bond donors (Lipinski definition) is 2. The molecule has 0 aliphatic rings. The number of rotatable bonds is 4. The van der Waals surface area contributed by atoms with Gasteiger partial charge in [-0.2, -0.15) is 0 Å². The van der Waals surface area contributed by atoms with E-state index in [1.807, 2.05) is 38.1 Å². The normalized spacial score (nSPS) is 14.5. The van der Waals surface area contributed by atoms with E-state index in [9.17, 15) is 5.11 Å². The summed E-state index contributed by atoms with van der Waals surface area (Å²) in [6, 6.07) is 7.83. The fourth-order valence-electron chi connectivity index (χ4n) is 1.54. The summed E-state index contributed by atoms with van der Waals surface area (Å²) in [5.41, 5.74) is 0.532. The van der Waals surface area contributed by atoms with Crippen molar-refractivity contribution in [2.75, 3.05) is 11.9 Å². The Morgan fingerprint density at radius 2 is 2.12 bits per heavy atom. The van der Waals surface area contributed by atoms with Gasteiger partial charge in [-0.1, -0.05) is 25.1 Å². The van der Waals surface area contributed by atoms with Gasteiger partial charge in [-0.3, -0.25) is 0 Å². The number of anilines is 1. The minimum atomic E-state index is -0.373. The Labute approximate surface area is 101 Å². The maximum atomic E-state index is 9.34. The van der Waals surface area contributed by atoms with E-state index >= 15 is 0 Å². The van der Waals surface area contributed by atoms with Crippen molar-refractivity contribution in [3.63, 3.8) is 0 Å². The van der Waals surface area contributed by atoms with Crippen molar-refractivity contribution in [1.82, 2.24) is 9.97 Å². The number of para-hydroxylation sites is 1. The molecule has 4 nitrogen and oxygen atoms in total. The average Bonchev–Trinajstić information content (AvgIpc) is 2.38. The largest absolute Gasteiger partial charge is 0.394 e. The van der Waals surface area contributed by atoms with Gasteiger partial charge >= 0.3 is 0 Å². The Kier molecular flexibility index (Phi) is 3.24. The molecule has 0 saturated heterocycles. The molecule has 0 aliphatic heterocycles. The number of hydrogen-bond acceptors (Lipinski definition) is 4. The van der Waals surface area contributed by atoms with Gasteiger partial charge in [-0.05, 0) is 19.4 Å².